The Kier molecular flexibility index (Phi) is 3.20. The van der Waals surface area contributed by atoms with Gasteiger partial charge in [-0.3, -0.25) is 0 Å². The molecule has 0 radical (unpaired) electrons. The molecule has 0 aliphatic carbocycles. The Morgan fingerprint density at radius 1 is 1.07 bits per heavy atom. The van der Waals surface area contributed by atoms with Gasteiger partial charge >= 0.3 is 0 Å². The number of hydrogen-bond donors (Lipinski definition) is 1. The molecular weight excluding hydrogens is 170 g/mol. The van der Waals surface area contributed by atoms with Crippen LogP contribution in [0.3, 0.4) is 0 Å². The first-order chi connectivity index (χ1) is 6.41. The quantitative estimate of drug-likeness (QED) is 0.749. The highest BCUT2D eigenvalue weighted by Gasteiger charge is 2.17. The molecule has 0 spiro atoms. The van der Waals surface area contributed by atoms with Crippen molar-refractivity contribution in [2.45, 2.75) is 46.1 Å². The molecular formula is C13H21N. The van der Waals surface area contributed by atoms with Crippen LogP contribution < -0.4 is 5.32 Å². The average Bonchev–Trinajstić information content (AvgIpc) is 2.01. The van der Waals surface area contributed by atoms with Crippen LogP contribution in [0.2, 0.25) is 0 Å². The van der Waals surface area contributed by atoms with Gasteiger partial charge in [0.15, 0.2) is 0 Å². The molecule has 1 nitrogen and oxygen atoms in total. The van der Waals surface area contributed by atoms with Crippen LogP contribution >= 0.6 is 0 Å². The summed E-state index contributed by atoms with van der Waals surface area (Å²) in [7, 11) is 0. The van der Waals surface area contributed by atoms with Crippen molar-refractivity contribution < 1.29 is 0 Å². The summed E-state index contributed by atoms with van der Waals surface area (Å²) in [6.07, 6.45) is 0. The predicted molar refractivity (Wildman–Crippen MR) is 63.9 cm³/mol. The largest absolute Gasteiger partial charge is 0.383 e. The fraction of sp³-hybridized carbons (Fsp3) is 0.538. The normalized spacial score (nSPS) is 11.9. The monoisotopic (exact) mass is 191 g/mol. The van der Waals surface area contributed by atoms with Gasteiger partial charge in [-0.1, -0.05) is 39.0 Å². The van der Waals surface area contributed by atoms with Crippen molar-refractivity contribution in [1.82, 2.24) is 0 Å². The van der Waals surface area contributed by atoms with Crippen molar-refractivity contribution >= 4 is 5.69 Å². The summed E-state index contributed by atoms with van der Waals surface area (Å²) < 4.78 is 0. The van der Waals surface area contributed by atoms with Crippen LogP contribution in [0, 0.1) is 0 Å². The van der Waals surface area contributed by atoms with Crippen LogP contribution in [-0.4, -0.2) is 6.04 Å². The molecule has 78 valence electrons. The van der Waals surface area contributed by atoms with Crippen molar-refractivity contribution in [3.8, 4) is 0 Å². The minimum Gasteiger partial charge on any atom is -0.383 e. The van der Waals surface area contributed by atoms with E-state index in [2.05, 4.69) is 64.2 Å². The molecule has 0 saturated carbocycles. The first-order valence-corrected chi connectivity index (χ1v) is 5.27. The average molecular weight is 191 g/mol. The van der Waals surface area contributed by atoms with Crippen LogP contribution in [0.15, 0.2) is 24.3 Å². The summed E-state index contributed by atoms with van der Waals surface area (Å²) >= 11 is 0. The van der Waals surface area contributed by atoms with Crippen molar-refractivity contribution in [2.24, 2.45) is 0 Å². The second-order valence-corrected chi connectivity index (χ2v) is 5.09. The number of benzene rings is 1. The minimum atomic E-state index is 0.207. The number of anilines is 1. The van der Waals surface area contributed by atoms with Gasteiger partial charge in [-0.2, -0.15) is 0 Å². The number of nitrogens with one attached hydrogen (secondary N) is 1. The summed E-state index contributed by atoms with van der Waals surface area (Å²) in [5.41, 5.74) is 2.85. The Hall–Kier alpha value is -0.980. The van der Waals surface area contributed by atoms with Gasteiger partial charge in [0.2, 0.25) is 0 Å². The molecule has 0 unspecified atom stereocenters. The third kappa shape index (κ3) is 2.76. The second-order valence-electron chi connectivity index (χ2n) is 5.09. The molecule has 0 fully saturated rings. The molecule has 0 amide bonds. The van der Waals surface area contributed by atoms with Gasteiger partial charge in [-0.25, -0.2) is 0 Å². The maximum absolute atomic E-state index is 3.48. The van der Waals surface area contributed by atoms with E-state index in [1.807, 2.05) is 0 Å². The highest BCUT2D eigenvalue weighted by atomic mass is 14.9. The molecule has 0 aliphatic heterocycles. The van der Waals surface area contributed by atoms with Crippen LogP contribution in [0.25, 0.3) is 0 Å². The number of rotatable bonds is 2. The van der Waals surface area contributed by atoms with E-state index < -0.39 is 0 Å². The lowest BCUT2D eigenvalue weighted by Crippen LogP contribution is -2.18. The van der Waals surface area contributed by atoms with Gasteiger partial charge in [-0.15, -0.1) is 0 Å². The zero-order valence-electron chi connectivity index (χ0n) is 9.89. The van der Waals surface area contributed by atoms with Crippen LogP contribution in [0.1, 0.15) is 40.2 Å². The molecule has 14 heavy (non-hydrogen) atoms. The van der Waals surface area contributed by atoms with Gasteiger partial charge in [-0.05, 0) is 30.9 Å². The van der Waals surface area contributed by atoms with Crippen LogP contribution in [-0.2, 0) is 5.41 Å². The number of para-hydroxylation sites is 1. The maximum atomic E-state index is 3.48. The van der Waals surface area contributed by atoms with Crippen molar-refractivity contribution in [3.63, 3.8) is 0 Å². The highest BCUT2D eigenvalue weighted by molar-refractivity contribution is 5.54. The lowest BCUT2D eigenvalue weighted by molar-refractivity contribution is 0.591. The zero-order valence-corrected chi connectivity index (χ0v) is 9.89. The predicted octanol–water partition coefficient (Wildman–Crippen LogP) is 3.80. The van der Waals surface area contributed by atoms with Crippen LogP contribution in [0.5, 0.6) is 0 Å². The Morgan fingerprint density at radius 2 is 1.64 bits per heavy atom. The molecule has 0 atom stereocenters. The maximum Gasteiger partial charge on any atom is 0.0380 e. The lowest BCUT2D eigenvalue weighted by atomic mass is 9.85. The summed E-state index contributed by atoms with van der Waals surface area (Å²) in [5, 5.41) is 3.48. The fourth-order valence-electron chi connectivity index (χ4n) is 1.57. The van der Waals surface area contributed by atoms with E-state index in [1.165, 1.54) is 11.3 Å². The van der Waals surface area contributed by atoms with E-state index in [4.69, 9.17) is 0 Å². The number of hydrogen-bond acceptors (Lipinski definition) is 1. The molecule has 1 rings (SSSR count). The van der Waals surface area contributed by atoms with E-state index in [-0.39, 0.29) is 5.41 Å². The summed E-state index contributed by atoms with van der Waals surface area (Å²) in [4.78, 5) is 0. The highest BCUT2D eigenvalue weighted by Crippen LogP contribution is 2.29. The second kappa shape index (κ2) is 4.04. The van der Waals surface area contributed by atoms with Gasteiger partial charge in [0.1, 0.15) is 0 Å². The van der Waals surface area contributed by atoms with Gasteiger partial charge in [0, 0.05) is 11.7 Å². The Labute approximate surface area is 87.5 Å². The molecule has 1 N–H and O–H groups in total. The molecule has 1 heteroatoms. The molecule has 0 bridgehead atoms. The van der Waals surface area contributed by atoms with E-state index >= 15 is 0 Å². The molecule has 0 aliphatic rings. The fourth-order valence-corrected chi connectivity index (χ4v) is 1.57. The van der Waals surface area contributed by atoms with Crippen LogP contribution in [0.4, 0.5) is 5.69 Å². The molecule has 0 heterocycles. The first-order valence-electron chi connectivity index (χ1n) is 5.27. The van der Waals surface area contributed by atoms with E-state index in [0.717, 1.165) is 0 Å². The van der Waals surface area contributed by atoms with Gasteiger partial charge in [0.25, 0.3) is 0 Å². The van der Waals surface area contributed by atoms with Gasteiger partial charge < -0.3 is 5.32 Å². The summed E-state index contributed by atoms with van der Waals surface area (Å²) in [6, 6.07) is 9.02. The van der Waals surface area contributed by atoms with Crippen molar-refractivity contribution in [2.75, 3.05) is 5.32 Å². The Bertz CT molecular complexity index is 294. The minimum absolute atomic E-state index is 0.207. The molecule has 0 saturated heterocycles. The van der Waals surface area contributed by atoms with Crippen molar-refractivity contribution in [1.29, 1.82) is 0 Å². The Morgan fingerprint density at radius 3 is 2.14 bits per heavy atom. The van der Waals surface area contributed by atoms with Crippen molar-refractivity contribution in [3.05, 3.63) is 29.8 Å². The molecule has 0 aromatic heterocycles. The standard InChI is InChI=1S/C13H21N/c1-10(2)14-12-9-7-6-8-11(12)13(3,4)5/h6-10,14H,1-5H3. The zero-order chi connectivity index (χ0) is 10.8. The Balaban J connectivity index is 3.04. The van der Waals surface area contributed by atoms with E-state index in [0.29, 0.717) is 6.04 Å². The third-order valence-corrected chi connectivity index (χ3v) is 2.18. The van der Waals surface area contributed by atoms with E-state index in [9.17, 15) is 0 Å². The summed E-state index contributed by atoms with van der Waals surface area (Å²) in [5.74, 6) is 0. The molecule has 1 aromatic rings. The van der Waals surface area contributed by atoms with E-state index in [1.54, 1.807) is 0 Å². The smallest absolute Gasteiger partial charge is 0.0380 e. The summed E-state index contributed by atoms with van der Waals surface area (Å²) in [6.45, 7) is 11.1. The molecule has 1 aromatic carbocycles. The SMILES string of the molecule is CC(C)Nc1ccccc1C(C)(C)C. The lowest BCUT2D eigenvalue weighted by Gasteiger charge is -2.24. The first kappa shape index (κ1) is 11.1. The topological polar surface area (TPSA) is 12.0 Å². The third-order valence-electron chi connectivity index (χ3n) is 2.18. The van der Waals surface area contributed by atoms with Gasteiger partial charge in [0.05, 0.1) is 0 Å².